The minimum atomic E-state index is -0.985. The molecule has 3 heterocycles. The number of hydrogen-bond donors (Lipinski definition) is 2. The van der Waals surface area contributed by atoms with E-state index >= 15 is 0 Å². The standard InChI is InChI=1S/C25H30N6O3S/c1-15(14-17-6-8-18(34-4)9-7-17)21-27-12-10-19(29-21)20-16(2)28-23(35-20)30-24(33)31-13-5-11-25(31,3)22(26)32/h6-10,12,15H,5,11,13-14H2,1-4H3,(H2,26,32)(H,28,30,33)/t15?,25-/m0/s1. The third-order valence-electron chi connectivity index (χ3n) is 6.48. The van der Waals surface area contributed by atoms with Crippen LogP contribution in [0.3, 0.4) is 0 Å². The maximum atomic E-state index is 12.9. The molecule has 35 heavy (non-hydrogen) atoms. The Morgan fingerprint density at radius 1 is 1.26 bits per heavy atom. The van der Waals surface area contributed by atoms with E-state index in [1.165, 1.54) is 21.8 Å². The largest absolute Gasteiger partial charge is 0.497 e. The number of anilines is 1. The van der Waals surface area contributed by atoms with Crippen LogP contribution in [0.2, 0.25) is 0 Å². The number of rotatable bonds is 7. The van der Waals surface area contributed by atoms with Gasteiger partial charge in [-0.1, -0.05) is 30.4 Å². The number of carbonyl (C=O) groups is 2. The second-order valence-electron chi connectivity index (χ2n) is 9.01. The highest BCUT2D eigenvalue weighted by molar-refractivity contribution is 7.19. The van der Waals surface area contributed by atoms with Crippen LogP contribution in [-0.4, -0.2) is 51.0 Å². The molecule has 0 bridgehead atoms. The average molecular weight is 495 g/mol. The van der Waals surface area contributed by atoms with Crippen LogP contribution in [0.4, 0.5) is 9.93 Å². The van der Waals surface area contributed by atoms with Crippen LogP contribution < -0.4 is 15.8 Å². The third-order valence-corrected chi connectivity index (χ3v) is 7.57. The lowest BCUT2D eigenvalue weighted by Gasteiger charge is -2.31. The van der Waals surface area contributed by atoms with E-state index in [1.807, 2.05) is 37.3 Å². The van der Waals surface area contributed by atoms with Crippen LogP contribution in [0.15, 0.2) is 36.5 Å². The van der Waals surface area contributed by atoms with Crippen molar-refractivity contribution in [3.63, 3.8) is 0 Å². The van der Waals surface area contributed by atoms with Gasteiger partial charge in [-0.25, -0.2) is 19.7 Å². The summed E-state index contributed by atoms with van der Waals surface area (Å²) in [6.07, 6.45) is 3.83. The number of likely N-dealkylation sites (tertiary alicyclic amines) is 1. The molecule has 0 aliphatic carbocycles. The summed E-state index contributed by atoms with van der Waals surface area (Å²) in [6.45, 7) is 6.16. The van der Waals surface area contributed by atoms with Gasteiger partial charge < -0.3 is 15.4 Å². The number of aryl methyl sites for hydroxylation is 1. The smallest absolute Gasteiger partial charge is 0.324 e. The molecule has 10 heteroatoms. The molecule has 1 aliphatic rings. The number of thiazole rings is 1. The summed E-state index contributed by atoms with van der Waals surface area (Å²) in [5.74, 6) is 1.18. The molecule has 0 spiro atoms. The van der Waals surface area contributed by atoms with Gasteiger partial charge in [0.2, 0.25) is 5.91 Å². The van der Waals surface area contributed by atoms with Gasteiger partial charge in [0.15, 0.2) is 5.13 Å². The fourth-order valence-electron chi connectivity index (χ4n) is 4.34. The minimum Gasteiger partial charge on any atom is -0.497 e. The maximum Gasteiger partial charge on any atom is 0.324 e. The summed E-state index contributed by atoms with van der Waals surface area (Å²) in [7, 11) is 1.65. The van der Waals surface area contributed by atoms with Crippen molar-refractivity contribution in [2.45, 2.75) is 51.5 Å². The summed E-state index contributed by atoms with van der Waals surface area (Å²) in [4.78, 5) is 41.0. The summed E-state index contributed by atoms with van der Waals surface area (Å²) in [6, 6.07) is 9.46. The van der Waals surface area contributed by atoms with Gasteiger partial charge in [-0.3, -0.25) is 10.1 Å². The number of nitrogens with zero attached hydrogens (tertiary/aromatic N) is 4. The topological polar surface area (TPSA) is 123 Å². The molecule has 4 rings (SSSR count). The summed E-state index contributed by atoms with van der Waals surface area (Å²) in [5.41, 5.74) is 7.28. The lowest BCUT2D eigenvalue weighted by atomic mass is 9.98. The Kier molecular flexibility index (Phi) is 7.02. The molecule has 3 aromatic rings. The van der Waals surface area contributed by atoms with E-state index < -0.39 is 11.4 Å². The highest BCUT2D eigenvalue weighted by Crippen LogP contribution is 2.34. The van der Waals surface area contributed by atoms with E-state index in [2.05, 4.69) is 22.2 Å². The van der Waals surface area contributed by atoms with Crippen molar-refractivity contribution in [2.24, 2.45) is 5.73 Å². The van der Waals surface area contributed by atoms with Crippen LogP contribution in [0.1, 0.15) is 49.7 Å². The molecular formula is C25H30N6O3S. The average Bonchev–Trinajstić information content (AvgIpc) is 3.42. The van der Waals surface area contributed by atoms with Crippen molar-refractivity contribution < 1.29 is 14.3 Å². The Labute approximate surface area is 208 Å². The van der Waals surface area contributed by atoms with E-state index in [0.29, 0.717) is 18.1 Å². The molecule has 9 nitrogen and oxygen atoms in total. The summed E-state index contributed by atoms with van der Waals surface area (Å²) < 4.78 is 5.23. The van der Waals surface area contributed by atoms with Gasteiger partial charge in [0, 0.05) is 18.7 Å². The first kappa shape index (κ1) is 24.6. The number of urea groups is 1. The maximum absolute atomic E-state index is 12.9. The number of amides is 3. The van der Waals surface area contributed by atoms with Crippen LogP contribution in [0, 0.1) is 6.92 Å². The van der Waals surface area contributed by atoms with Crippen molar-refractivity contribution in [2.75, 3.05) is 19.0 Å². The Balaban J connectivity index is 1.49. The van der Waals surface area contributed by atoms with Gasteiger partial charge in [-0.15, -0.1) is 0 Å². The minimum absolute atomic E-state index is 0.109. The zero-order chi connectivity index (χ0) is 25.2. The number of primary amides is 1. The fraction of sp³-hybridized carbons (Fsp3) is 0.400. The predicted molar refractivity (Wildman–Crippen MR) is 136 cm³/mol. The molecule has 1 fully saturated rings. The van der Waals surface area contributed by atoms with Crippen molar-refractivity contribution in [1.82, 2.24) is 19.9 Å². The lowest BCUT2D eigenvalue weighted by Crippen LogP contribution is -2.55. The first-order chi connectivity index (χ1) is 16.7. The molecule has 2 atom stereocenters. The summed E-state index contributed by atoms with van der Waals surface area (Å²) >= 11 is 1.35. The molecule has 3 amide bonds. The van der Waals surface area contributed by atoms with Crippen LogP contribution in [0.25, 0.3) is 10.6 Å². The van der Waals surface area contributed by atoms with Gasteiger partial charge in [-0.05, 0) is 56.9 Å². The highest BCUT2D eigenvalue weighted by Gasteiger charge is 2.44. The molecule has 0 saturated carbocycles. The summed E-state index contributed by atoms with van der Waals surface area (Å²) in [5, 5.41) is 3.29. The van der Waals surface area contributed by atoms with Crippen molar-refractivity contribution in [1.29, 1.82) is 0 Å². The van der Waals surface area contributed by atoms with Crippen LogP contribution in [0.5, 0.6) is 5.75 Å². The van der Waals surface area contributed by atoms with E-state index in [1.54, 1.807) is 20.2 Å². The molecule has 2 aromatic heterocycles. The van der Waals surface area contributed by atoms with Crippen LogP contribution in [-0.2, 0) is 11.2 Å². The van der Waals surface area contributed by atoms with Crippen LogP contribution >= 0.6 is 11.3 Å². The zero-order valence-electron chi connectivity index (χ0n) is 20.4. The fourth-order valence-corrected chi connectivity index (χ4v) is 5.26. The molecule has 0 radical (unpaired) electrons. The van der Waals surface area contributed by atoms with E-state index in [9.17, 15) is 9.59 Å². The van der Waals surface area contributed by atoms with Gasteiger partial charge in [0.1, 0.15) is 17.1 Å². The lowest BCUT2D eigenvalue weighted by molar-refractivity contribution is -0.126. The number of nitrogens with one attached hydrogen (secondary N) is 1. The Morgan fingerprint density at radius 2 is 2.00 bits per heavy atom. The number of methoxy groups -OCH3 is 1. The Bertz CT molecular complexity index is 1230. The SMILES string of the molecule is COc1ccc(CC(C)c2nccc(-c3sc(NC(=O)N4CCC[C@@]4(C)C(N)=O)nc3C)n2)cc1. The molecule has 184 valence electrons. The second-order valence-corrected chi connectivity index (χ2v) is 10.0. The number of hydrogen-bond acceptors (Lipinski definition) is 7. The Hall–Kier alpha value is -3.53. The highest BCUT2D eigenvalue weighted by atomic mass is 32.1. The molecular weight excluding hydrogens is 464 g/mol. The zero-order valence-corrected chi connectivity index (χ0v) is 21.2. The van der Waals surface area contributed by atoms with Gasteiger partial charge >= 0.3 is 6.03 Å². The van der Waals surface area contributed by atoms with Gasteiger partial charge in [-0.2, -0.15) is 0 Å². The first-order valence-corrected chi connectivity index (χ1v) is 12.3. The molecule has 3 N–H and O–H groups in total. The molecule has 1 unspecified atom stereocenters. The number of nitrogens with two attached hydrogens (primary N) is 1. The number of carbonyl (C=O) groups excluding carboxylic acids is 2. The van der Waals surface area contributed by atoms with Crippen molar-refractivity contribution in [3.05, 3.63) is 53.6 Å². The quantitative estimate of drug-likeness (QED) is 0.509. The van der Waals surface area contributed by atoms with Crippen molar-refractivity contribution >= 4 is 28.4 Å². The second kappa shape index (κ2) is 9.99. The molecule has 1 aliphatic heterocycles. The monoisotopic (exact) mass is 494 g/mol. The van der Waals surface area contributed by atoms with Gasteiger partial charge in [0.25, 0.3) is 0 Å². The number of ether oxygens (including phenoxy) is 1. The van der Waals surface area contributed by atoms with E-state index in [0.717, 1.165) is 40.7 Å². The normalized spacial score (nSPS) is 18.3. The first-order valence-electron chi connectivity index (χ1n) is 11.5. The number of aromatic nitrogens is 3. The van der Waals surface area contributed by atoms with E-state index in [4.69, 9.17) is 15.5 Å². The molecule has 1 saturated heterocycles. The molecule has 1 aromatic carbocycles. The Morgan fingerprint density at radius 3 is 2.69 bits per heavy atom. The van der Waals surface area contributed by atoms with Gasteiger partial charge in [0.05, 0.1) is 23.4 Å². The van der Waals surface area contributed by atoms with Crippen molar-refractivity contribution in [3.8, 4) is 16.3 Å². The predicted octanol–water partition coefficient (Wildman–Crippen LogP) is 4.14. The number of benzene rings is 1. The third kappa shape index (κ3) is 5.12. The van der Waals surface area contributed by atoms with E-state index in [-0.39, 0.29) is 11.9 Å².